The molecule has 0 spiro atoms. The van der Waals surface area contributed by atoms with Crippen LogP contribution in [0, 0.1) is 0 Å². The lowest BCUT2D eigenvalue weighted by Crippen LogP contribution is -2.26. The number of carboxylic acids is 1. The van der Waals surface area contributed by atoms with E-state index in [9.17, 15) is 9.59 Å². The third-order valence-electron chi connectivity index (χ3n) is 2.38. The van der Waals surface area contributed by atoms with E-state index in [-0.39, 0.29) is 18.7 Å². The number of rotatable bonds is 5. The lowest BCUT2D eigenvalue weighted by molar-refractivity contribution is -0.136. The SMILES string of the molecule is O=C(O)CCNC(=O)c1coc(-c2ccccc2)n1. The first-order valence-corrected chi connectivity index (χ1v) is 5.68. The zero-order valence-electron chi connectivity index (χ0n) is 10.00. The van der Waals surface area contributed by atoms with Crippen LogP contribution in [0.4, 0.5) is 0 Å². The topological polar surface area (TPSA) is 92.4 Å². The zero-order chi connectivity index (χ0) is 13.7. The number of carbonyl (C=O) groups excluding carboxylic acids is 1. The van der Waals surface area contributed by atoms with Crippen molar-refractivity contribution in [3.63, 3.8) is 0 Å². The van der Waals surface area contributed by atoms with Gasteiger partial charge in [-0.3, -0.25) is 9.59 Å². The molecule has 0 fully saturated rings. The van der Waals surface area contributed by atoms with Gasteiger partial charge < -0.3 is 14.8 Å². The summed E-state index contributed by atoms with van der Waals surface area (Å²) in [6, 6.07) is 9.18. The predicted molar refractivity (Wildman–Crippen MR) is 66.5 cm³/mol. The standard InChI is InChI=1S/C13H12N2O4/c16-11(17)6-7-14-12(18)10-8-19-13(15-10)9-4-2-1-3-5-9/h1-5,8H,6-7H2,(H,14,18)(H,16,17). The van der Waals surface area contributed by atoms with Crippen LogP contribution < -0.4 is 5.32 Å². The van der Waals surface area contributed by atoms with Gasteiger partial charge in [0, 0.05) is 12.1 Å². The maximum Gasteiger partial charge on any atom is 0.305 e. The van der Waals surface area contributed by atoms with Crippen molar-refractivity contribution in [2.45, 2.75) is 6.42 Å². The highest BCUT2D eigenvalue weighted by Gasteiger charge is 2.13. The minimum atomic E-state index is -0.967. The maximum absolute atomic E-state index is 11.6. The molecule has 0 atom stereocenters. The number of carboxylic acid groups (broad SMARTS) is 1. The van der Waals surface area contributed by atoms with E-state index in [1.165, 1.54) is 6.26 Å². The van der Waals surface area contributed by atoms with Gasteiger partial charge in [0.2, 0.25) is 5.89 Å². The van der Waals surface area contributed by atoms with Crippen LogP contribution in [0.25, 0.3) is 11.5 Å². The molecule has 1 aromatic heterocycles. The Bertz CT molecular complexity index is 577. The molecule has 6 nitrogen and oxygen atoms in total. The van der Waals surface area contributed by atoms with E-state index >= 15 is 0 Å². The van der Waals surface area contributed by atoms with Crippen molar-refractivity contribution < 1.29 is 19.1 Å². The predicted octanol–water partition coefficient (Wildman–Crippen LogP) is 1.55. The van der Waals surface area contributed by atoms with Crippen LogP contribution in [0.3, 0.4) is 0 Å². The fourth-order valence-corrected chi connectivity index (χ4v) is 1.46. The molecule has 2 N–H and O–H groups in total. The number of benzene rings is 1. The second-order valence-corrected chi connectivity index (χ2v) is 3.80. The van der Waals surface area contributed by atoms with Gasteiger partial charge in [-0.2, -0.15) is 0 Å². The molecule has 0 bridgehead atoms. The minimum Gasteiger partial charge on any atom is -0.481 e. The highest BCUT2D eigenvalue weighted by atomic mass is 16.4. The van der Waals surface area contributed by atoms with Crippen LogP contribution in [0.15, 0.2) is 41.0 Å². The highest BCUT2D eigenvalue weighted by Crippen LogP contribution is 2.17. The molecule has 0 saturated carbocycles. The van der Waals surface area contributed by atoms with Gasteiger partial charge in [-0.25, -0.2) is 4.98 Å². The Morgan fingerprint density at radius 3 is 2.68 bits per heavy atom. The van der Waals surface area contributed by atoms with Gasteiger partial charge in [-0.15, -0.1) is 0 Å². The minimum absolute atomic E-state index is 0.0572. The average Bonchev–Trinajstić information content (AvgIpc) is 2.89. The molecule has 0 aliphatic carbocycles. The number of aromatic nitrogens is 1. The average molecular weight is 260 g/mol. The summed E-state index contributed by atoms with van der Waals surface area (Å²) in [5.74, 6) is -1.07. The second-order valence-electron chi connectivity index (χ2n) is 3.80. The number of aliphatic carboxylic acids is 1. The van der Waals surface area contributed by atoms with Gasteiger partial charge in [-0.1, -0.05) is 18.2 Å². The van der Waals surface area contributed by atoms with E-state index < -0.39 is 11.9 Å². The fourth-order valence-electron chi connectivity index (χ4n) is 1.46. The molecule has 1 aromatic carbocycles. The molecule has 0 aliphatic rings. The number of hydrogen-bond donors (Lipinski definition) is 2. The first-order chi connectivity index (χ1) is 9.16. The summed E-state index contributed by atoms with van der Waals surface area (Å²) < 4.78 is 5.21. The van der Waals surface area contributed by atoms with Crippen molar-refractivity contribution in [3.05, 3.63) is 42.3 Å². The van der Waals surface area contributed by atoms with Gasteiger partial charge in [0.15, 0.2) is 5.69 Å². The first kappa shape index (κ1) is 12.8. The van der Waals surface area contributed by atoms with Gasteiger partial charge in [0.25, 0.3) is 5.91 Å². The first-order valence-electron chi connectivity index (χ1n) is 5.68. The van der Waals surface area contributed by atoms with Gasteiger partial charge in [0.05, 0.1) is 6.42 Å². The number of nitrogens with one attached hydrogen (secondary N) is 1. The van der Waals surface area contributed by atoms with Crippen LogP contribution in [0.1, 0.15) is 16.9 Å². The number of amides is 1. The van der Waals surface area contributed by atoms with E-state index in [0.29, 0.717) is 5.89 Å². The molecule has 0 saturated heterocycles. The van der Waals surface area contributed by atoms with Crippen molar-refractivity contribution in [2.24, 2.45) is 0 Å². The van der Waals surface area contributed by atoms with Crippen LogP contribution in [0.5, 0.6) is 0 Å². The Balaban J connectivity index is 2.01. The third kappa shape index (κ3) is 3.41. The molecular weight excluding hydrogens is 248 g/mol. The van der Waals surface area contributed by atoms with E-state index in [1.807, 2.05) is 30.3 Å². The Labute approximate surface area is 109 Å². The summed E-state index contributed by atoms with van der Waals surface area (Å²) in [4.78, 5) is 26.0. The summed E-state index contributed by atoms with van der Waals surface area (Å²) >= 11 is 0. The van der Waals surface area contributed by atoms with E-state index in [4.69, 9.17) is 9.52 Å². The Morgan fingerprint density at radius 2 is 2.00 bits per heavy atom. The number of carbonyl (C=O) groups is 2. The smallest absolute Gasteiger partial charge is 0.305 e. The fraction of sp³-hybridized carbons (Fsp3) is 0.154. The van der Waals surface area contributed by atoms with Gasteiger partial charge in [-0.05, 0) is 12.1 Å². The molecule has 0 unspecified atom stereocenters. The van der Waals surface area contributed by atoms with Crippen LogP contribution in [-0.4, -0.2) is 28.5 Å². The van der Waals surface area contributed by atoms with Crippen molar-refractivity contribution in [3.8, 4) is 11.5 Å². The highest BCUT2D eigenvalue weighted by molar-refractivity contribution is 5.92. The Hall–Kier alpha value is -2.63. The number of hydrogen-bond acceptors (Lipinski definition) is 4. The van der Waals surface area contributed by atoms with Crippen molar-refractivity contribution >= 4 is 11.9 Å². The van der Waals surface area contributed by atoms with Gasteiger partial charge >= 0.3 is 5.97 Å². The maximum atomic E-state index is 11.6. The van der Waals surface area contributed by atoms with E-state index in [0.717, 1.165) is 5.56 Å². The molecule has 0 aliphatic heterocycles. The third-order valence-corrected chi connectivity index (χ3v) is 2.38. The largest absolute Gasteiger partial charge is 0.481 e. The van der Waals surface area contributed by atoms with Crippen LogP contribution in [-0.2, 0) is 4.79 Å². The lowest BCUT2D eigenvalue weighted by Gasteiger charge is -1.98. The summed E-state index contributed by atoms with van der Waals surface area (Å²) in [5.41, 5.74) is 0.899. The quantitative estimate of drug-likeness (QED) is 0.850. The number of oxazole rings is 1. The van der Waals surface area contributed by atoms with Crippen LogP contribution in [0.2, 0.25) is 0 Å². The summed E-state index contributed by atoms with van der Waals surface area (Å²) in [7, 11) is 0. The van der Waals surface area contributed by atoms with Crippen molar-refractivity contribution in [1.82, 2.24) is 10.3 Å². The second kappa shape index (κ2) is 5.81. The normalized spacial score (nSPS) is 10.1. The Kier molecular flexibility index (Phi) is 3.92. The van der Waals surface area contributed by atoms with Crippen molar-refractivity contribution in [1.29, 1.82) is 0 Å². The summed E-state index contributed by atoms with van der Waals surface area (Å²) in [5, 5.41) is 10.9. The molecule has 2 rings (SSSR count). The molecule has 19 heavy (non-hydrogen) atoms. The zero-order valence-corrected chi connectivity index (χ0v) is 10.00. The molecule has 0 radical (unpaired) electrons. The molecule has 1 amide bonds. The monoisotopic (exact) mass is 260 g/mol. The van der Waals surface area contributed by atoms with Gasteiger partial charge in [0.1, 0.15) is 6.26 Å². The lowest BCUT2D eigenvalue weighted by atomic mass is 10.2. The summed E-state index contributed by atoms with van der Waals surface area (Å²) in [6.07, 6.45) is 1.12. The molecule has 2 aromatic rings. The molecule has 6 heteroatoms. The Morgan fingerprint density at radius 1 is 1.26 bits per heavy atom. The molecule has 98 valence electrons. The molecule has 1 heterocycles. The summed E-state index contributed by atoms with van der Waals surface area (Å²) in [6.45, 7) is 0.0572. The van der Waals surface area contributed by atoms with Crippen molar-refractivity contribution in [2.75, 3.05) is 6.54 Å². The van der Waals surface area contributed by atoms with E-state index in [1.54, 1.807) is 0 Å². The van der Waals surface area contributed by atoms with E-state index in [2.05, 4.69) is 10.3 Å². The van der Waals surface area contributed by atoms with Crippen LogP contribution >= 0.6 is 0 Å². The molecular formula is C13H12N2O4. The number of nitrogens with zero attached hydrogens (tertiary/aromatic N) is 1.